The van der Waals surface area contributed by atoms with E-state index in [0.717, 1.165) is 42.5 Å². The van der Waals surface area contributed by atoms with Gasteiger partial charge in [0.2, 0.25) is 10.0 Å². The van der Waals surface area contributed by atoms with E-state index in [-0.39, 0.29) is 12.1 Å². The highest BCUT2D eigenvalue weighted by Crippen LogP contribution is 2.30. The lowest BCUT2D eigenvalue weighted by molar-refractivity contribution is 0.267. The third kappa shape index (κ3) is 4.00. The van der Waals surface area contributed by atoms with Gasteiger partial charge in [0.05, 0.1) is 17.1 Å². The molecular weight excluding hydrogens is 372 g/mol. The average molecular weight is 397 g/mol. The first-order valence-corrected chi connectivity index (χ1v) is 11.1. The van der Waals surface area contributed by atoms with Gasteiger partial charge in [-0.3, -0.25) is 0 Å². The first-order valence-electron chi connectivity index (χ1n) is 9.59. The van der Waals surface area contributed by atoms with Crippen molar-refractivity contribution in [3.8, 4) is 11.3 Å². The van der Waals surface area contributed by atoms with Crippen molar-refractivity contribution in [3.63, 3.8) is 0 Å². The van der Waals surface area contributed by atoms with Gasteiger partial charge in [0.1, 0.15) is 5.69 Å². The van der Waals surface area contributed by atoms with Crippen molar-refractivity contribution in [2.24, 2.45) is 0 Å². The fraction of sp³-hybridized carbons (Fsp3) is 0.333. The number of nitrogens with one attached hydrogen (secondary N) is 1. The molecule has 2 atom stereocenters. The Balaban J connectivity index is 1.57. The summed E-state index contributed by atoms with van der Waals surface area (Å²) in [7, 11) is -3.57. The second-order valence-electron chi connectivity index (χ2n) is 7.34. The molecule has 0 saturated heterocycles. The number of nitrogens with zero attached hydrogens (tertiary/aromatic N) is 3. The molecule has 0 radical (unpaired) electrons. The van der Waals surface area contributed by atoms with Gasteiger partial charge >= 0.3 is 0 Å². The molecule has 1 aliphatic carbocycles. The van der Waals surface area contributed by atoms with Crippen LogP contribution in [0.5, 0.6) is 0 Å². The summed E-state index contributed by atoms with van der Waals surface area (Å²) < 4.78 is 30.5. The third-order valence-electron chi connectivity index (χ3n) is 5.29. The van der Waals surface area contributed by atoms with Crippen LogP contribution in [0.3, 0.4) is 0 Å². The lowest BCUT2D eigenvalue weighted by atomic mass is 9.91. The van der Waals surface area contributed by atoms with Gasteiger partial charge < -0.3 is 0 Å². The highest BCUT2D eigenvalue weighted by atomic mass is 32.2. The number of aryl methyl sites for hydroxylation is 1. The summed E-state index contributed by atoms with van der Waals surface area (Å²) in [5, 5.41) is 8.61. The third-order valence-corrected chi connectivity index (χ3v) is 6.79. The maximum atomic E-state index is 12.9. The van der Waals surface area contributed by atoms with Gasteiger partial charge in [-0.2, -0.15) is 0 Å². The molecule has 7 heteroatoms. The largest absolute Gasteiger partial charge is 0.247 e. The van der Waals surface area contributed by atoms with Crippen molar-refractivity contribution in [2.45, 2.75) is 49.6 Å². The predicted molar refractivity (Wildman–Crippen MR) is 108 cm³/mol. The van der Waals surface area contributed by atoms with E-state index >= 15 is 0 Å². The van der Waals surface area contributed by atoms with Gasteiger partial charge in [-0.15, -0.1) is 5.10 Å². The Morgan fingerprint density at radius 1 is 1.00 bits per heavy atom. The first kappa shape index (κ1) is 18.8. The van der Waals surface area contributed by atoms with Crippen LogP contribution in [0.4, 0.5) is 0 Å². The molecule has 2 aromatic carbocycles. The monoisotopic (exact) mass is 396 g/mol. The molecule has 1 fully saturated rings. The van der Waals surface area contributed by atoms with Crippen LogP contribution in [-0.4, -0.2) is 29.5 Å². The lowest BCUT2D eigenvalue weighted by Gasteiger charge is -2.31. The van der Waals surface area contributed by atoms with Crippen LogP contribution in [-0.2, 0) is 10.0 Å². The van der Waals surface area contributed by atoms with Crippen molar-refractivity contribution >= 4 is 10.0 Å². The van der Waals surface area contributed by atoms with Crippen molar-refractivity contribution in [1.82, 2.24) is 19.7 Å². The highest BCUT2D eigenvalue weighted by Gasteiger charge is 2.31. The Morgan fingerprint density at radius 3 is 2.46 bits per heavy atom. The summed E-state index contributed by atoms with van der Waals surface area (Å²) in [6.07, 6.45) is 5.62. The Labute approximate surface area is 165 Å². The van der Waals surface area contributed by atoms with Gasteiger partial charge in [0.15, 0.2) is 0 Å². The van der Waals surface area contributed by atoms with Crippen molar-refractivity contribution in [1.29, 1.82) is 0 Å². The number of hydrogen-bond acceptors (Lipinski definition) is 4. The Hall–Kier alpha value is -2.51. The fourth-order valence-corrected chi connectivity index (χ4v) is 5.03. The molecule has 1 N–H and O–H groups in total. The van der Waals surface area contributed by atoms with E-state index in [0.29, 0.717) is 4.90 Å². The van der Waals surface area contributed by atoms with E-state index < -0.39 is 10.0 Å². The molecule has 1 heterocycles. The summed E-state index contributed by atoms with van der Waals surface area (Å²) >= 11 is 0. The molecule has 1 aromatic heterocycles. The number of benzene rings is 2. The second-order valence-corrected chi connectivity index (χ2v) is 9.06. The first-order chi connectivity index (χ1) is 13.5. The van der Waals surface area contributed by atoms with E-state index in [1.807, 2.05) is 60.3 Å². The minimum Gasteiger partial charge on any atom is -0.247 e. The summed E-state index contributed by atoms with van der Waals surface area (Å²) in [6, 6.07) is 16.6. The maximum absolute atomic E-state index is 12.9. The number of aromatic nitrogens is 3. The summed E-state index contributed by atoms with van der Waals surface area (Å²) in [5.74, 6) is 0. The normalized spacial score (nSPS) is 20.2. The quantitative estimate of drug-likeness (QED) is 0.713. The molecule has 4 rings (SSSR count). The van der Waals surface area contributed by atoms with E-state index in [9.17, 15) is 8.42 Å². The van der Waals surface area contributed by atoms with Gasteiger partial charge in [-0.05, 0) is 31.9 Å². The van der Waals surface area contributed by atoms with E-state index in [2.05, 4.69) is 15.0 Å². The molecule has 0 bridgehead atoms. The molecule has 1 aliphatic rings. The smallest absolute Gasteiger partial charge is 0.240 e. The van der Waals surface area contributed by atoms with Crippen molar-refractivity contribution < 1.29 is 8.42 Å². The summed E-state index contributed by atoms with van der Waals surface area (Å²) in [5.41, 5.74) is 2.83. The van der Waals surface area contributed by atoms with Gasteiger partial charge in [0.25, 0.3) is 0 Å². The zero-order valence-corrected chi connectivity index (χ0v) is 16.6. The van der Waals surface area contributed by atoms with Crippen LogP contribution in [0.1, 0.15) is 37.3 Å². The van der Waals surface area contributed by atoms with Crippen LogP contribution < -0.4 is 4.72 Å². The van der Waals surface area contributed by atoms with E-state index in [1.165, 1.54) is 0 Å². The molecule has 3 aromatic rings. The zero-order chi connectivity index (χ0) is 19.6. The zero-order valence-electron chi connectivity index (χ0n) is 15.8. The molecule has 28 heavy (non-hydrogen) atoms. The van der Waals surface area contributed by atoms with Gasteiger partial charge in [0, 0.05) is 11.6 Å². The second kappa shape index (κ2) is 7.85. The minimum atomic E-state index is -3.57. The van der Waals surface area contributed by atoms with E-state index in [1.54, 1.807) is 12.1 Å². The molecule has 0 unspecified atom stereocenters. The van der Waals surface area contributed by atoms with Crippen LogP contribution >= 0.6 is 0 Å². The standard InChI is InChI=1S/C21H24N4O2S/c1-16-11-13-18(14-12-16)28(26,27)23-19-9-5-6-10-21(19)25-15-20(22-24-25)17-7-3-2-4-8-17/h2-4,7-8,11-15,19,21,23H,5-6,9-10H2,1H3/t19-,21+/m0/s1. The highest BCUT2D eigenvalue weighted by molar-refractivity contribution is 7.89. The number of rotatable bonds is 5. The van der Waals surface area contributed by atoms with E-state index in [4.69, 9.17) is 0 Å². The minimum absolute atomic E-state index is 0.0427. The van der Waals surface area contributed by atoms with Crippen molar-refractivity contribution in [3.05, 3.63) is 66.4 Å². The van der Waals surface area contributed by atoms with Gasteiger partial charge in [-0.25, -0.2) is 17.8 Å². The lowest BCUT2D eigenvalue weighted by Crippen LogP contribution is -2.43. The summed E-state index contributed by atoms with van der Waals surface area (Å²) in [6.45, 7) is 1.94. The van der Waals surface area contributed by atoms with Crippen LogP contribution in [0.25, 0.3) is 11.3 Å². The average Bonchev–Trinajstić information content (AvgIpc) is 3.19. The molecule has 0 aliphatic heterocycles. The molecule has 0 spiro atoms. The van der Waals surface area contributed by atoms with Crippen LogP contribution in [0.15, 0.2) is 65.7 Å². The Bertz CT molecular complexity index is 1030. The number of hydrogen-bond donors (Lipinski definition) is 1. The Morgan fingerprint density at radius 2 is 1.71 bits per heavy atom. The topological polar surface area (TPSA) is 76.9 Å². The molecule has 6 nitrogen and oxygen atoms in total. The SMILES string of the molecule is Cc1ccc(S(=O)(=O)N[C@H]2CCCC[C@H]2n2cc(-c3ccccc3)nn2)cc1. The fourth-order valence-electron chi connectivity index (χ4n) is 3.73. The molecular formula is C21H24N4O2S. The molecule has 0 amide bonds. The molecule has 1 saturated carbocycles. The number of sulfonamides is 1. The molecule has 146 valence electrons. The Kier molecular flexibility index (Phi) is 5.28. The van der Waals surface area contributed by atoms with Crippen LogP contribution in [0, 0.1) is 6.92 Å². The summed E-state index contributed by atoms with van der Waals surface area (Å²) in [4.78, 5) is 0.297. The van der Waals surface area contributed by atoms with Crippen molar-refractivity contribution in [2.75, 3.05) is 0 Å². The predicted octanol–water partition coefficient (Wildman–Crippen LogP) is 3.72. The van der Waals surface area contributed by atoms with Crippen LogP contribution in [0.2, 0.25) is 0 Å². The van der Waals surface area contributed by atoms with Gasteiger partial charge in [-0.1, -0.05) is 66.1 Å². The maximum Gasteiger partial charge on any atom is 0.240 e.